The molecule has 9 heteroatoms. The molecule has 2 atom stereocenters. The first kappa shape index (κ1) is 17.4. The van der Waals surface area contributed by atoms with Gasteiger partial charge in [-0.25, -0.2) is 0 Å². The topological polar surface area (TPSA) is 118 Å². The van der Waals surface area contributed by atoms with Crippen LogP contribution in [0.5, 0.6) is 0 Å². The molecule has 1 fully saturated rings. The number of nitrogens with zero attached hydrogens (tertiary/aromatic N) is 3. The number of amides is 1. The van der Waals surface area contributed by atoms with Gasteiger partial charge >= 0.3 is 5.69 Å². The number of nitrogens with one attached hydrogen (secondary N) is 1. The number of nitrogens with two attached hydrogens (primary N) is 1. The van der Waals surface area contributed by atoms with E-state index in [1.807, 2.05) is 0 Å². The Morgan fingerprint density at radius 3 is 2.86 bits per heavy atom. The number of hydrogen-bond acceptors (Lipinski definition) is 5. The third-order valence-electron chi connectivity index (χ3n) is 3.81. The summed E-state index contributed by atoms with van der Waals surface area (Å²) in [5.74, 6) is 0.0897. The van der Waals surface area contributed by atoms with Crippen LogP contribution in [0.25, 0.3) is 0 Å². The normalized spacial score (nSPS) is 21.8. The van der Waals surface area contributed by atoms with E-state index in [0.717, 1.165) is 12.8 Å². The summed E-state index contributed by atoms with van der Waals surface area (Å²) in [4.78, 5) is 24.6. The van der Waals surface area contributed by atoms with Crippen molar-refractivity contribution in [3.63, 3.8) is 0 Å². The van der Waals surface area contributed by atoms with Gasteiger partial charge in [0.2, 0.25) is 5.69 Å². The lowest BCUT2D eigenvalue weighted by molar-refractivity contribution is -0.385. The molecular weight excluding hydrogens is 298 g/mol. The minimum atomic E-state index is -0.573. The second-order valence-corrected chi connectivity index (χ2v) is 5.32. The molecule has 0 radical (unpaired) electrons. The summed E-state index contributed by atoms with van der Waals surface area (Å²) >= 11 is 0. The summed E-state index contributed by atoms with van der Waals surface area (Å²) in [5.41, 5.74) is 5.63. The van der Waals surface area contributed by atoms with E-state index in [-0.39, 0.29) is 35.5 Å². The van der Waals surface area contributed by atoms with Gasteiger partial charge in [-0.15, -0.1) is 12.4 Å². The molecule has 0 saturated carbocycles. The van der Waals surface area contributed by atoms with Crippen LogP contribution in [0.2, 0.25) is 0 Å². The number of rotatable bonds is 3. The summed E-state index contributed by atoms with van der Waals surface area (Å²) in [7, 11) is 0. The smallest absolute Gasteiger partial charge is 0.322 e. The number of nitro groups is 1. The van der Waals surface area contributed by atoms with E-state index in [1.165, 1.54) is 6.92 Å². The second-order valence-electron chi connectivity index (χ2n) is 5.32. The summed E-state index contributed by atoms with van der Waals surface area (Å²) in [6.07, 6.45) is 1.69. The predicted octanol–water partition coefficient (Wildman–Crippen LogP) is 1.25. The zero-order valence-electron chi connectivity index (χ0n) is 12.0. The Morgan fingerprint density at radius 2 is 2.29 bits per heavy atom. The third-order valence-corrected chi connectivity index (χ3v) is 3.81. The number of aromatic amines is 1. The van der Waals surface area contributed by atoms with E-state index >= 15 is 0 Å². The number of likely N-dealkylation sites (tertiary alicyclic amines) is 1. The number of halogens is 1. The predicted molar refractivity (Wildman–Crippen MR) is 79.5 cm³/mol. The molecule has 1 aliphatic rings. The van der Waals surface area contributed by atoms with Crippen LogP contribution >= 0.6 is 12.4 Å². The minimum absolute atomic E-state index is 0. The molecule has 1 amide bonds. The summed E-state index contributed by atoms with van der Waals surface area (Å²) in [6.45, 7) is 4.56. The standard InChI is InChI=1S/C12H19N5O3.ClH/c1-7-3-4-16(9(5-7)6-13)12(18)10-11(17(19)20)8(2)14-15-10;/h7,9H,3-6,13H2,1-2H3,(H,14,15);1H. The quantitative estimate of drug-likeness (QED) is 0.642. The lowest BCUT2D eigenvalue weighted by atomic mass is 9.92. The summed E-state index contributed by atoms with van der Waals surface area (Å²) < 4.78 is 0. The average Bonchev–Trinajstić information content (AvgIpc) is 2.79. The Hall–Kier alpha value is -1.67. The van der Waals surface area contributed by atoms with Gasteiger partial charge in [0.15, 0.2) is 0 Å². The van der Waals surface area contributed by atoms with Crippen LogP contribution in [-0.4, -0.2) is 45.1 Å². The van der Waals surface area contributed by atoms with E-state index in [4.69, 9.17) is 5.73 Å². The Bertz CT molecular complexity index is 533. The van der Waals surface area contributed by atoms with E-state index < -0.39 is 10.8 Å². The molecule has 0 aromatic carbocycles. The monoisotopic (exact) mass is 317 g/mol. The minimum Gasteiger partial charge on any atom is -0.333 e. The first-order valence-corrected chi connectivity index (χ1v) is 6.66. The third kappa shape index (κ3) is 3.33. The molecule has 1 aromatic heterocycles. The molecule has 21 heavy (non-hydrogen) atoms. The molecular formula is C12H20ClN5O3. The molecule has 1 saturated heterocycles. The number of carbonyl (C=O) groups excluding carboxylic acids is 1. The maximum absolute atomic E-state index is 12.5. The van der Waals surface area contributed by atoms with Gasteiger partial charge in [0, 0.05) is 19.1 Å². The lowest BCUT2D eigenvalue weighted by Gasteiger charge is -2.37. The lowest BCUT2D eigenvalue weighted by Crippen LogP contribution is -2.49. The van der Waals surface area contributed by atoms with Crippen molar-refractivity contribution < 1.29 is 9.72 Å². The highest BCUT2D eigenvalue weighted by Crippen LogP contribution is 2.27. The van der Waals surface area contributed by atoms with Crippen LogP contribution < -0.4 is 5.73 Å². The zero-order chi connectivity index (χ0) is 14.9. The number of H-pyrrole nitrogens is 1. The van der Waals surface area contributed by atoms with Crippen molar-refractivity contribution in [1.29, 1.82) is 0 Å². The van der Waals surface area contributed by atoms with E-state index in [0.29, 0.717) is 19.0 Å². The molecule has 0 spiro atoms. The van der Waals surface area contributed by atoms with Crippen LogP contribution in [-0.2, 0) is 0 Å². The van der Waals surface area contributed by atoms with Crippen molar-refractivity contribution in [2.75, 3.05) is 13.1 Å². The van der Waals surface area contributed by atoms with Gasteiger partial charge in [0.05, 0.1) is 4.92 Å². The van der Waals surface area contributed by atoms with E-state index in [2.05, 4.69) is 17.1 Å². The van der Waals surface area contributed by atoms with Gasteiger partial charge in [0.25, 0.3) is 5.91 Å². The molecule has 2 rings (SSSR count). The molecule has 1 aromatic rings. The average molecular weight is 318 g/mol. The number of aryl methyl sites for hydroxylation is 1. The van der Waals surface area contributed by atoms with Gasteiger partial charge in [-0.1, -0.05) is 6.92 Å². The number of carbonyl (C=O) groups is 1. The molecule has 0 bridgehead atoms. The second kappa shape index (κ2) is 6.86. The largest absolute Gasteiger partial charge is 0.333 e. The van der Waals surface area contributed by atoms with Gasteiger partial charge in [-0.3, -0.25) is 20.0 Å². The van der Waals surface area contributed by atoms with Crippen LogP contribution in [0.3, 0.4) is 0 Å². The number of aromatic nitrogens is 2. The molecule has 1 aliphatic heterocycles. The van der Waals surface area contributed by atoms with Crippen molar-refractivity contribution in [3.05, 3.63) is 21.5 Å². The highest BCUT2D eigenvalue weighted by atomic mass is 35.5. The summed E-state index contributed by atoms with van der Waals surface area (Å²) in [5, 5.41) is 17.4. The Morgan fingerprint density at radius 1 is 1.62 bits per heavy atom. The van der Waals surface area contributed by atoms with Crippen LogP contribution in [0.4, 0.5) is 5.69 Å². The van der Waals surface area contributed by atoms with Crippen molar-refractivity contribution in [1.82, 2.24) is 15.1 Å². The maximum atomic E-state index is 12.5. The fourth-order valence-electron chi connectivity index (χ4n) is 2.67. The SMILES string of the molecule is Cc1[nH]nc(C(=O)N2CCC(C)CC2CN)c1[N+](=O)[O-].Cl. The molecule has 2 unspecified atom stereocenters. The molecule has 3 N–H and O–H groups in total. The first-order chi connectivity index (χ1) is 9.45. The van der Waals surface area contributed by atoms with Crippen LogP contribution in [0.1, 0.15) is 35.9 Å². The molecule has 118 valence electrons. The number of hydrogen-bond donors (Lipinski definition) is 2. The Balaban J connectivity index is 0.00000220. The van der Waals surface area contributed by atoms with Gasteiger partial charge in [0.1, 0.15) is 5.69 Å². The van der Waals surface area contributed by atoms with Crippen molar-refractivity contribution >= 4 is 24.0 Å². The fraction of sp³-hybridized carbons (Fsp3) is 0.667. The fourth-order valence-corrected chi connectivity index (χ4v) is 2.67. The van der Waals surface area contributed by atoms with Crippen LogP contribution in [0, 0.1) is 23.0 Å². The highest BCUT2D eigenvalue weighted by molar-refractivity contribution is 5.96. The van der Waals surface area contributed by atoms with Gasteiger partial charge in [-0.2, -0.15) is 5.10 Å². The first-order valence-electron chi connectivity index (χ1n) is 6.66. The van der Waals surface area contributed by atoms with Gasteiger partial charge in [-0.05, 0) is 25.7 Å². The Labute approximate surface area is 128 Å². The highest BCUT2D eigenvalue weighted by Gasteiger charge is 2.35. The van der Waals surface area contributed by atoms with E-state index in [9.17, 15) is 14.9 Å². The maximum Gasteiger partial charge on any atom is 0.322 e. The van der Waals surface area contributed by atoms with Crippen molar-refractivity contribution in [2.24, 2.45) is 11.7 Å². The van der Waals surface area contributed by atoms with Crippen molar-refractivity contribution in [2.45, 2.75) is 32.7 Å². The van der Waals surface area contributed by atoms with Crippen LogP contribution in [0.15, 0.2) is 0 Å². The molecule has 2 heterocycles. The van der Waals surface area contributed by atoms with Gasteiger partial charge < -0.3 is 10.6 Å². The summed E-state index contributed by atoms with van der Waals surface area (Å²) in [6, 6.07) is -0.0807. The number of piperidine rings is 1. The Kier molecular flexibility index (Phi) is 5.68. The molecule has 0 aliphatic carbocycles. The molecule has 8 nitrogen and oxygen atoms in total. The zero-order valence-corrected chi connectivity index (χ0v) is 12.9. The van der Waals surface area contributed by atoms with Crippen molar-refractivity contribution in [3.8, 4) is 0 Å². The van der Waals surface area contributed by atoms with E-state index in [1.54, 1.807) is 4.90 Å².